The maximum atomic E-state index is 14.1. The largest absolute Gasteiger partial charge is 0.388 e. The predicted molar refractivity (Wildman–Crippen MR) is 175 cm³/mol. The quantitative estimate of drug-likeness (QED) is 0.332. The van der Waals surface area contributed by atoms with E-state index in [1.165, 1.54) is 47.0 Å². The Morgan fingerprint density at radius 3 is 2.34 bits per heavy atom. The third-order valence-corrected chi connectivity index (χ3v) is 14.2. The van der Waals surface area contributed by atoms with E-state index in [1.54, 1.807) is 0 Å². The lowest BCUT2D eigenvalue weighted by Crippen LogP contribution is -2.61. The molecule has 5 heteroatoms. The summed E-state index contributed by atoms with van der Waals surface area (Å²) >= 11 is 0. The van der Waals surface area contributed by atoms with Crippen LogP contribution in [0.5, 0.6) is 0 Å². The first-order valence-corrected chi connectivity index (χ1v) is 17.2. The van der Waals surface area contributed by atoms with Gasteiger partial charge in [-0.25, -0.2) is 0 Å². The zero-order valence-electron chi connectivity index (χ0n) is 28.2. The molecule has 3 heterocycles. The van der Waals surface area contributed by atoms with Gasteiger partial charge < -0.3 is 19.6 Å². The number of hydrogen-bond acceptors (Lipinski definition) is 4. The zero-order chi connectivity index (χ0) is 31.8. The number of hydrogen-bond donors (Lipinski definition) is 2. The van der Waals surface area contributed by atoms with Gasteiger partial charge in [0, 0.05) is 33.5 Å². The summed E-state index contributed by atoms with van der Waals surface area (Å²) in [6.45, 7) is 17.6. The zero-order valence-corrected chi connectivity index (χ0v) is 28.2. The van der Waals surface area contributed by atoms with Crippen molar-refractivity contribution in [1.82, 2.24) is 4.98 Å². The van der Waals surface area contributed by atoms with Crippen LogP contribution in [0.1, 0.15) is 121 Å². The lowest BCUT2D eigenvalue weighted by Gasteiger charge is -2.63. The first-order valence-electron chi connectivity index (χ1n) is 17.2. The third-order valence-electron chi connectivity index (χ3n) is 14.2. The highest BCUT2D eigenvalue weighted by molar-refractivity contribution is 6.06. The molecule has 5 nitrogen and oxygen atoms in total. The van der Waals surface area contributed by atoms with Crippen LogP contribution in [0.2, 0.25) is 0 Å². The molecule has 2 N–H and O–H groups in total. The normalized spacial score (nSPS) is 41.3. The average molecular weight is 600 g/mol. The van der Waals surface area contributed by atoms with Crippen LogP contribution in [0.25, 0.3) is 10.9 Å². The van der Waals surface area contributed by atoms with Gasteiger partial charge in [-0.1, -0.05) is 13.8 Å². The fourth-order valence-corrected chi connectivity index (χ4v) is 12.1. The van der Waals surface area contributed by atoms with Gasteiger partial charge in [0.1, 0.15) is 0 Å². The summed E-state index contributed by atoms with van der Waals surface area (Å²) in [6.07, 6.45) is 17.1. The number of carbonyl (C=O) groups excluding carboxylic acids is 1. The molecule has 238 valence electrons. The topological polar surface area (TPSA) is 71.5 Å². The van der Waals surface area contributed by atoms with Crippen LogP contribution in [0.3, 0.4) is 0 Å². The Morgan fingerprint density at radius 2 is 1.64 bits per heavy atom. The molecule has 2 saturated heterocycles. The monoisotopic (exact) mass is 599 g/mol. The van der Waals surface area contributed by atoms with E-state index >= 15 is 0 Å². The number of aromatic nitrogens is 1. The van der Waals surface area contributed by atoms with Gasteiger partial charge in [0.15, 0.2) is 5.78 Å². The molecule has 0 spiro atoms. The Labute approximate surface area is 264 Å². The van der Waals surface area contributed by atoms with E-state index in [0.717, 1.165) is 37.7 Å². The highest BCUT2D eigenvalue weighted by Crippen LogP contribution is 2.69. The molecule has 1 aromatic heterocycles. The minimum atomic E-state index is -0.782. The van der Waals surface area contributed by atoms with Crippen molar-refractivity contribution in [3.05, 3.63) is 34.5 Å². The average Bonchev–Trinajstić information content (AvgIpc) is 3.53. The van der Waals surface area contributed by atoms with Crippen LogP contribution < -0.4 is 0 Å². The minimum Gasteiger partial charge on any atom is -0.388 e. The molecule has 9 atom stereocenters. The number of ether oxygens (including phenoxy) is 2. The molecule has 8 rings (SSSR count). The Balaban J connectivity index is 0.00000153. The number of ketones is 1. The van der Waals surface area contributed by atoms with Crippen LogP contribution in [-0.4, -0.2) is 44.9 Å². The van der Waals surface area contributed by atoms with Gasteiger partial charge in [-0.15, -0.1) is 12.8 Å². The number of rotatable bonds is 1. The lowest BCUT2D eigenvalue weighted by molar-refractivity contribution is -0.210. The molecule has 0 amide bonds. The second-order valence-corrected chi connectivity index (χ2v) is 17.3. The molecule has 4 unspecified atom stereocenters. The number of terminal acetylenes is 1. The number of aliphatic hydroxyl groups is 1. The summed E-state index contributed by atoms with van der Waals surface area (Å²) in [5.74, 6) is 2.22. The number of aromatic amines is 1. The number of nitrogens with one attached hydrogen (secondary N) is 1. The minimum absolute atomic E-state index is 0.0591. The van der Waals surface area contributed by atoms with E-state index in [2.05, 4.69) is 71.5 Å². The maximum Gasteiger partial charge on any atom is 0.169 e. The Kier molecular flexibility index (Phi) is 6.56. The SMILES string of the molecule is C#C.CC(C)(O)[C@@H]1CCC2C(CC[C@@]3(C)C2CCC2Cc4c([nH]c5ccc6c(c45)C[C@H]4[C@@H](C6=O)C(C)(C)OC4(C)C)[C@@]23C)O1. The van der Waals surface area contributed by atoms with Gasteiger partial charge in [0.2, 0.25) is 0 Å². The van der Waals surface area contributed by atoms with Gasteiger partial charge in [-0.05, 0) is 139 Å². The molecule has 1 aromatic carbocycles. The van der Waals surface area contributed by atoms with Crippen LogP contribution in [0, 0.1) is 47.9 Å². The molecule has 6 aliphatic rings. The van der Waals surface area contributed by atoms with Crippen LogP contribution in [0.15, 0.2) is 12.1 Å². The van der Waals surface area contributed by atoms with Gasteiger partial charge in [0.05, 0.1) is 34.9 Å². The summed E-state index contributed by atoms with van der Waals surface area (Å²) in [4.78, 5) is 18.1. The molecule has 4 fully saturated rings. The number of fused-ring (bicyclic) bond motifs is 12. The molecule has 0 radical (unpaired) electrons. The molecular weight excluding hydrogens is 546 g/mol. The first kappa shape index (κ1) is 30.5. The molecule has 0 bridgehead atoms. The van der Waals surface area contributed by atoms with Crippen LogP contribution >= 0.6 is 0 Å². The van der Waals surface area contributed by atoms with E-state index in [4.69, 9.17) is 9.47 Å². The predicted octanol–water partition coefficient (Wildman–Crippen LogP) is 7.55. The number of benzene rings is 1. The fraction of sp³-hybridized carbons (Fsp3) is 0.718. The van der Waals surface area contributed by atoms with Crippen molar-refractivity contribution in [3.8, 4) is 12.8 Å². The molecule has 2 saturated carbocycles. The Hall–Kier alpha value is -2.13. The molecule has 2 aromatic rings. The summed E-state index contributed by atoms with van der Waals surface area (Å²) in [7, 11) is 0. The highest BCUT2D eigenvalue weighted by Gasteiger charge is 2.65. The lowest BCUT2D eigenvalue weighted by atomic mass is 9.43. The van der Waals surface area contributed by atoms with E-state index in [9.17, 15) is 9.90 Å². The van der Waals surface area contributed by atoms with E-state index in [-0.39, 0.29) is 46.3 Å². The molecule has 4 aliphatic carbocycles. The number of carbonyl (C=O) groups is 1. The van der Waals surface area contributed by atoms with Crippen molar-refractivity contribution in [2.45, 2.75) is 141 Å². The van der Waals surface area contributed by atoms with Crippen LogP contribution in [0.4, 0.5) is 0 Å². The summed E-state index contributed by atoms with van der Waals surface area (Å²) in [5.41, 5.74) is 5.11. The fourth-order valence-electron chi connectivity index (χ4n) is 12.1. The van der Waals surface area contributed by atoms with Crippen molar-refractivity contribution in [2.75, 3.05) is 0 Å². The summed E-state index contributed by atoms with van der Waals surface area (Å²) in [5, 5.41) is 12.1. The van der Waals surface area contributed by atoms with Crippen molar-refractivity contribution >= 4 is 16.7 Å². The van der Waals surface area contributed by atoms with Crippen molar-refractivity contribution in [2.24, 2.45) is 35.0 Å². The molecule has 2 aliphatic heterocycles. The second-order valence-electron chi connectivity index (χ2n) is 17.3. The number of Topliss-reactive ketones (excluding diaryl/α,β-unsaturated/α-hetero) is 1. The van der Waals surface area contributed by atoms with Crippen molar-refractivity contribution < 1.29 is 19.4 Å². The first-order chi connectivity index (χ1) is 20.6. The van der Waals surface area contributed by atoms with Crippen molar-refractivity contribution in [3.63, 3.8) is 0 Å². The molecule has 44 heavy (non-hydrogen) atoms. The summed E-state index contributed by atoms with van der Waals surface area (Å²) in [6, 6.07) is 4.31. The van der Waals surface area contributed by atoms with Gasteiger partial charge in [-0.2, -0.15) is 0 Å². The standard InChI is InChI=1S/C37H51NO4.C2H2/c1-33(2,40)28-14-11-21-24-12-9-19-17-23-29-22-18-25-30(35(5,6)42-34(25,3)4)31(39)20(22)10-13-26(29)38-32(23)37(19,8)36(24,7)16-15-27(21)41-28;1-2/h10,13,19,21,24-25,27-28,30,38,40H,9,11-12,14-18H2,1-8H3;1-2H/t19?,21?,24?,25-,27?,28-,30-,36-,37+;/m0./s1. The second kappa shape index (κ2) is 9.46. The smallest absolute Gasteiger partial charge is 0.169 e. The van der Waals surface area contributed by atoms with E-state index in [1.807, 2.05) is 13.8 Å². The highest BCUT2D eigenvalue weighted by atomic mass is 16.5. The van der Waals surface area contributed by atoms with Crippen LogP contribution in [-0.2, 0) is 27.7 Å². The van der Waals surface area contributed by atoms with Crippen molar-refractivity contribution in [1.29, 1.82) is 0 Å². The Bertz CT molecular complexity index is 1540. The molecular formula is C39H53NO4. The van der Waals surface area contributed by atoms with E-state index < -0.39 is 11.2 Å². The maximum absolute atomic E-state index is 14.1. The van der Waals surface area contributed by atoms with E-state index in [0.29, 0.717) is 17.8 Å². The third kappa shape index (κ3) is 3.80. The summed E-state index contributed by atoms with van der Waals surface area (Å²) < 4.78 is 13.2. The Morgan fingerprint density at radius 1 is 0.909 bits per heavy atom. The van der Waals surface area contributed by atoms with Gasteiger partial charge >= 0.3 is 0 Å². The number of H-pyrrole nitrogens is 1. The van der Waals surface area contributed by atoms with Gasteiger partial charge in [-0.3, -0.25) is 4.79 Å². The van der Waals surface area contributed by atoms with Gasteiger partial charge in [0.25, 0.3) is 0 Å².